The van der Waals surface area contributed by atoms with Gasteiger partial charge in [0.25, 0.3) is 0 Å². The van der Waals surface area contributed by atoms with Gasteiger partial charge >= 0.3 is 0 Å². The molecule has 0 aromatic rings. The molecule has 2 aliphatic rings. The molecule has 16 heavy (non-hydrogen) atoms. The van der Waals surface area contributed by atoms with Crippen LogP contribution in [0.2, 0.25) is 0 Å². The lowest BCUT2D eigenvalue weighted by Crippen LogP contribution is -2.45. The molecule has 2 N–H and O–H groups in total. The largest absolute Gasteiger partial charge is 0.380 e. The molecule has 0 radical (unpaired) electrons. The molecule has 2 heterocycles. The third-order valence-electron chi connectivity index (χ3n) is 3.63. The van der Waals surface area contributed by atoms with E-state index in [4.69, 9.17) is 10.5 Å². The lowest BCUT2D eigenvalue weighted by Gasteiger charge is -2.37. The molecule has 0 amide bonds. The summed E-state index contributed by atoms with van der Waals surface area (Å²) in [7, 11) is 0. The van der Waals surface area contributed by atoms with Crippen LogP contribution in [0.15, 0.2) is 4.99 Å². The predicted octanol–water partition coefficient (Wildman–Crippen LogP) is 1.07. The molecule has 2 saturated heterocycles. The van der Waals surface area contributed by atoms with Gasteiger partial charge in [-0.3, -0.25) is 4.99 Å². The molecule has 0 spiro atoms. The smallest absolute Gasteiger partial charge is 0.191 e. The van der Waals surface area contributed by atoms with Gasteiger partial charge in [-0.25, -0.2) is 0 Å². The molecular weight excluding hydrogens is 202 g/mol. The molecule has 0 bridgehead atoms. The molecule has 2 fully saturated rings. The van der Waals surface area contributed by atoms with E-state index in [2.05, 4.69) is 23.7 Å². The Morgan fingerprint density at radius 2 is 2.06 bits per heavy atom. The Kier molecular flexibility index (Phi) is 3.38. The second-order valence-corrected chi connectivity index (χ2v) is 5.65. The molecular formula is C12H23N3O. The van der Waals surface area contributed by atoms with Crippen molar-refractivity contribution in [2.24, 2.45) is 22.1 Å². The van der Waals surface area contributed by atoms with Crippen molar-refractivity contribution in [3.63, 3.8) is 0 Å². The van der Waals surface area contributed by atoms with E-state index in [-0.39, 0.29) is 5.41 Å². The minimum atomic E-state index is 0.230. The number of hydrogen-bond acceptors (Lipinski definition) is 2. The minimum absolute atomic E-state index is 0.230. The lowest BCUT2D eigenvalue weighted by atomic mass is 9.89. The van der Waals surface area contributed by atoms with Gasteiger partial charge in [0.05, 0.1) is 19.8 Å². The molecule has 0 atom stereocenters. The van der Waals surface area contributed by atoms with E-state index in [1.807, 2.05) is 0 Å². The van der Waals surface area contributed by atoms with Crippen LogP contribution in [0.1, 0.15) is 26.7 Å². The molecule has 2 aliphatic heterocycles. The number of likely N-dealkylation sites (tertiary alicyclic amines) is 1. The number of hydrogen-bond donors (Lipinski definition) is 1. The first-order chi connectivity index (χ1) is 7.59. The zero-order valence-electron chi connectivity index (χ0n) is 10.4. The fourth-order valence-corrected chi connectivity index (χ4v) is 2.15. The fraction of sp³-hybridized carbons (Fsp3) is 0.917. The summed E-state index contributed by atoms with van der Waals surface area (Å²) in [6.45, 7) is 9.06. The van der Waals surface area contributed by atoms with Crippen molar-refractivity contribution in [2.45, 2.75) is 26.7 Å². The third-order valence-corrected chi connectivity index (χ3v) is 3.63. The topological polar surface area (TPSA) is 50.8 Å². The Morgan fingerprint density at radius 1 is 1.44 bits per heavy atom. The number of ether oxygens (including phenoxy) is 1. The van der Waals surface area contributed by atoms with Crippen LogP contribution in [0.3, 0.4) is 0 Å². The summed E-state index contributed by atoms with van der Waals surface area (Å²) in [6.07, 6.45) is 2.47. The van der Waals surface area contributed by atoms with Crippen molar-refractivity contribution in [3.8, 4) is 0 Å². The van der Waals surface area contributed by atoms with E-state index in [0.717, 1.165) is 44.7 Å². The Labute approximate surface area is 97.9 Å². The number of aliphatic imine (C=N–C) groups is 1. The van der Waals surface area contributed by atoms with Crippen LogP contribution in [0, 0.1) is 11.3 Å². The minimum Gasteiger partial charge on any atom is -0.380 e. The van der Waals surface area contributed by atoms with E-state index >= 15 is 0 Å². The molecule has 0 aromatic heterocycles. The Morgan fingerprint density at radius 3 is 2.56 bits per heavy atom. The highest BCUT2D eigenvalue weighted by atomic mass is 16.5. The summed E-state index contributed by atoms with van der Waals surface area (Å²) in [5.74, 6) is 1.56. The normalized spacial score (nSPS) is 26.6. The third kappa shape index (κ3) is 2.67. The number of nitrogens with zero attached hydrogens (tertiary/aromatic N) is 2. The zero-order chi connectivity index (χ0) is 11.6. The van der Waals surface area contributed by atoms with Crippen molar-refractivity contribution in [3.05, 3.63) is 0 Å². The number of piperidine rings is 1. The Balaban J connectivity index is 1.81. The predicted molar refractivity (Wildman–Crippen MR) is 65.4 cm³/mol. The Bertz CT molecular complexity index is 265. The Hall–Kier alpha value is -0.770. The van der Waals surface area contributed by atoms with E-state index in [1.54, 1.807) is 0 Å². The second-order valence-electron chi connectivity index (χ2n) is 5.65. The molecule has 92 valence electrons. The monoisotopic (exact) mass is 225 g/mol. The SMILES string of the molecule is CC1CCN(C(N)=NCC2(C)COC2)CC1. The van der Waals surface area contributed by atoms with Gasteiger partial charge in [-0.15, -0.1) is 0 Å². The van der Waals surface area contributed by atoms with Crippen LogP contribution in [0.25, 0.3) is 0 Å². The first-order valence-corrected chi connectivity index (χ1v) is 6.22. The van der Waals surface area contributed by atoms with Crippen LogP contribution in [0.5, 0.6) is 0 Å². The van der Waals surface area contributed by atoms with Crippen LogP contribution >= 0.6 is 0 Å². The summed E-state index contributed by atoms with van der Waals surface area (Å²) in [5.41, 5.74) is 6.24. The second kappa shape index (κ2) is 4.62. The van der Waals surface area contributed by atoms with Gasteiger partial charge in [0.1, 0.15) is 0 Å². The molecule has 0 aliphatic carbocycles. The molecule has 0 unspecified atom stereocenters. The van der Waals surface area contributed by atoms with Gasteiger partial charge in [-0.1, -0.05) is 13.8 Å². The lowest BCUT2D eigenvalue weighted by molar-refractivity contribution is -0.0945. The maximum atomic E-state index is 6.01. The van der Waals surface area contributed by atoms with Gasteiger partial charge in [-0.2, -0.15) is 0 Å². The fourth-order valence-electron chi connectivity index (χ4n) is 2.15. The summed E-state index contributed by atoms with van der Waals surface area (Å²) < 4.78 is 5.21. The van der Waals surface area contributed by atoms with Crippen LogP contribution in [-0.4, -0.2) is 43.7 Å². The molecule has 4 nitrogen and oxygen atoms in total. The van der Waals surface area contributed by atoms with Crippen molar-refractivity contribution in [2.75, 3.05) is 32.8 Å². The summed E-state index contributed by atoms with van der Waals surface area (Å²) >= 11 is 0. The van der Waals surface area contributed by atoms with Crippen LogP contribution < -0.4 is 5.73 Å². The zero-order valence-corrected chi connectivity index (χ0v) is 10.4. The highest BCUT2D eigenvalue weighted by molar-refractivity contribution is 5.78. The van der Waals surface area contributed by atoms with Crippen LogP contribution in [0.4, 0.5) is 0 Å². The molecule has 4 heteroatoms. The van der Waals surface area contributed by atoms with Gasteiger partial charge in [0.15, 0.2) is 5.96 Å². The number of rotatable bonds is 2. The van der Waals surface area contributed by atoms with Gasteiger partial charge in [0, 0.05) is 18.5 Å². The standard InChI is InChI=1S/C12H23N3O/c1-10-3-5-15(6-4-10)11(13)14-7-12(2)8-16-9-12/h10H,3-9H2,1-2H3,(H2,13,14). The maximum Gasteiger partial charge on any atom is 0.191 e. The van der Waals surface area contributed by atoms with Gasteiger partial charge in [0.2, 0.25) is 0 Å². The van der Waals surface area contributed by atoms with Crippen LogP contribution in [-0.2, 0) is 4.74 Å². The van der Waals surface area contributed by atoms with E-state index in [0.29, 0.717) is 0 Å². The molecule has 2 rings (SSSR count). The average molecular weight is 225 g/mol. The summed E-state index contributed by atoms with van der Waals surface area (Å²) in [4.78, 5) is 6.72. The average Bonchev–Trinajstić information content (AvgIpc) is 2.24. The first kappa shape index (κ1) is 11.7. The van der Waals surface area contributed by atoms with Gasteiger partial charge in [-0.05, 0) is 18.8 Å². The van der Waals surface area contributed by atoms with E-state index in [1.165, 1.54) is 12.8 Å². The van der Waals surface area contributed by atoms with E-state index in [9.17, 15) is 0 Å². The van der Waals surface area contributed by atoms with Gasteiger partial charge < -0.3 is 15.4 Å². The molecule has 0 aromatic carbocycles. The highest BCUT2D eigenvalue weighted by Crippen LogP contribution is 2.26. The molecule has 0 saturated carbocycles. The van der Waals surface area contributed by atoms with Crippen molar-refractivity contribution in [1.82, 2.24) is 4.90 Å². The number of guanidine groups is 1. The maximum absolute atomic E-state index is 6.01. The van der Waals surface area contributed by atoms with E-state index < -0.39 is 0 Å². The summed E-state index contributed by atoms with van der Waals surface area (Å²) in [6, 6.07) is 0. The number of nitrogens with two attached hydrogens (primary N) is 1. The highest BCUT2D eigenvalue weighted by Gasteiger charge is 2.33. The van der Waals surface area contributed by atoms with Crippen molar-refractivity contribution < 1.29 is 4.74 Å². The summed E-state index contributed by atoms with van der Waals surface area (Å²) in [5, 5.41) is 0. The first-order valence-electron chi connectivity index (χ1n) is 6.22. The quantitative estimate of drug-likeness (QED) is 0.565. The van der Waals surface area contributed by atoms with Crippen molar-refractivity contribution in [1.29, 1.82) is 0 Å². The van der Waals surface area contributed by atoms with Crippen molar-refractivity contribution >= 4 is 5.96 Å².